The van der Waals surface area contributed by atoms with E-state index in [1.54, 1.807) is 0 Å². The molecule has 0 bridgehead atoms. The molecule has 0 radical (unpaired) electrons. The van der Waals surface area contributed by atoms with Crippen LogP contribution in [0.2, 0.25) is 0 Å². The molecule has 6 rings (SSSR count). The van der Waals surface area contributed by atoms with E-state index in [2.05, 4.69) is 30.3 Å². The van der Waals surface area contributed by atoms with E-state index in [9.17, 15) is 5.11 Å². The Kier molecular flexibility index (Phi) is 7.05. The Morgan fingerprint density at radius 2 is 1.53 bits per heavy atom. The lowest BCUT2D eigenvalue weighted by Gasteiger charge is -2.47. The molecular formula is C30H28O5S. The summed E-state index contributed by atoms with van der Waals surface area (Å²) < 4.78 is 25.1. The SMILES string of the molecule is OC1C(Sc2ccccc2)OC2COC(c3ccccc3)O[C@@H]2C1OCc1ccc2ccccc2c1. The molecule has 0 spiro atoms. The summed E-state index contributed by atoms with van der Waals surface area (Å²) in [5, 5.41) is 13.8. The molecule has 2 fully saturated rings. The van der Waals surface area contributed by atoms with Crippen molar-refractivity contribution < 1.29 is 24.1 Å². The average Bonchev–Trinajstić information content (AvgIpc) is 2.94. The van der Waals surface area contributed by atoms with Crippen molar-refractivity contribution >= 4 is 22.5 Å². The maximum Gasteiger partial charge on any atom is 0.184 e. The van der Waals surface area contributed by atoms with E-state index in [1.165, 1.54) is 17.1 Å². The first-order chi connectivity index (χ1) is 17.7. The zero-order valence-electron chi connectivity index (χ0n) is 19.7. The van der Waals surface area contributed by atoms with Crippen molar-refractivity contribution in [2.24, 2.45) is 0 Å². The van der Waals surface area contributed by atoms with Crippen LogP contribution < -0.4 is 0 Å². The zero-order valence-corrected chi connectivity index (χ0v) is 20.5. The van der Waals surface area contributed by atoms with Crippen LogP contribution in [0.3, 0.4) is 0 Å². The Balaban J connectivity index is 1.24. The van der Waals surface area contributed by atoms with E-state index in [0.29, 0.717) is 13.2 Å². The number of ether oxygens (including phenoxy) is 4. The van der Waals surface area contributed by atoms with Crippen LogP contribution in [0.4, 0.5) is 0 Å². The monoisotopic (exact) mass is 500 g/mol. The first kappa shape index (κ1) is 23.7. The highest BCUT2D eigenvalue weighted by Crippen LogP contribution is 2.40. The maximum atomic E-state index is 11.4. The summed E-state index contributed by atoms with van der Waals surface area (Å²) in [5.41, 5.74) is 1.47. The summed E-state index contributed by atoms with van der Waals surface area (Å²) in [6, 6.07) is 34.3. The molecule has 2 aliphatic heterocycles. The second kappa shape index (κ2) is 10.7. The molecule has 5 nitrogen and oxygen atoms in total. The van der Waals surface area contributed by atoms with Gasteiger partial charge in [0.25, 0.3) is 0 Å². The van der Waals surface area contributed by atoms with Gasteiger partial charge in [-0.05, 0) is 34.5 Å². The molecule has 184 valence electrons. The minimum Gasteiger partial charge on any atom is -0.387 e. The van der Waals surface area contributed by atoms with E-state index >= 15 is 0 Å². The third kappa shape index (κ3) is 5.06. The van der Waals surface area contributed by atoms with Gasteiger partial charge in [0.2, 0.25) is 0 Å². The van der Waals surface area contributed by atoms with Gasteiger partial charge in [0, 0.05) is 10.5 Å². The molecule has 0 aromatic heterocycles. The lowest BCUT2D eigenvalue weighted by Crippen LogP contribution is -2.61. The molecular weight excluding hydrogens is 472 g/mol. The smallest absolute Gasteiger partial charge is 0.184 e. The van der Waals surface area contributed by atoms with Gasteiger partial charge >= 0.3 is 0 Å². The van der Waals surface area contributed by atoms with E-state index in [1.807, 2.05) is 72.8 Å². The van der Waals surface area contributed by atoms with Gasteiger partial charge in [-0.25, -0.2) is 0 Å². The molecule has 6 atom stereocenters. The number of benzene rings is 4. The van der Waals surface area contributed by atoms with Crippen molar-refractivity contribution in [2.45, 2.75) is 47.6 Å². The van der Waals surface area contributed by atoms with Crippen molar-refractivity contribution in [3.05, 3.63) is 114 Å². The molecule has 2 aliphatic rings. The van der Waals surface area contributed by atoms with Gasteiger partial charge in [-0.3, -0.25) is 0 Å². The molecule has 0 amide bonds. The summed E-state index contributed by atoms with van der Waals surface area (Å²) >= 11 is 1.49. The molecule has 36 heavy (non-hydrogen) atoms. The minimum atomic E-state index is -0.883. The van der Waals surface area contributed by atoms with Gasteiger partial charge in [-0.15, -0.1) is 0 Å². The molecule has 4 aromatic carbocycles. The van der Waals surface area contributed by atoms with Crippen LogP contribution in [-0.4, -0.2) is 41.6 Å². The van der Waals surface area contributed by atoms with E-state index in [-0.39, 0.29) is 6.10 Å². The molecule has 0 aliphatic carbocycles. The fourth-order valence-electron chi connectivity index (χ4n) is 4.78. The van der Waals surface area contributed by atoms with Crippen molar-refractivity contribution in [2.75, 3.05) is 6.61 Å². The van der Waals surface area contributed by atoms with E-state index in [0.717, 1.165) is 21.4 Å². The normalized spacial score (nSPS) is 28.0. The largest absolute Gasteiger partial charge is 0.387 e. The molecule has 5 unspecified atom stereocenters. The zero-order chi connectivity index (χ0) is 24.3. The van der Waals surface area contributed by atoms with Crippen LogP contribution in [-0.2, 0) is 25.6 Å². The predicted molar refractivity (Wildman–Crippen MR) is 139 cm³/mol. The topological polar surface area (TPSA) is 57.2 Å². The van der Waals surface area contributed by atoms with Gasteiger partial charge in [0.05, 0.1) is 13.2 Å². The van der Waals surface area contributed by atoms with Crippen molar-refractivity contribution in [3.8, 4) is 0 Å². The highest BCUT2D eigenvalue weighted by Gasteiger charge is 2.50. The summed E-state index contributed by atoms with van der Waals surface area (Å²) in [7, 11) is 0. The summed E-state index contributed by atoms with van der Waals surface area (Å²) in [6.07, 6.45) is -2.81. The van der Waals surface area contributed by atoms with Crippen molar-refractivity contribution in [1.29, 1.82) is 0 Å². The standard InChI is InChI=1S/C30H28O5S/c31-26-28(32-18-20-15-16-21-9-7-8-12-23(21)17-20)27-25(34-30(26)36-24-13-5-2-6-14-24)19-33-29(35-27)22-10-3-1-4-11-22/h1-17,25-31H,18-19H2/t25?,26?,27-,28?,29?,30?/m0/s1. The number of aliphatic hydroxyl groups is 1. The predicted octanol–water partition coefficient (Wildman–Crippen LogP) is 5.72. The Labute approximate surface area is 215 Å². The molecule has 6 heteroatoms. The summed E-state index contributed by atoms with van der Waals surface area (Å²) in [4.78, 5) is 1.02. The van der Waals surface area contributed by atoms with E-state index in [4.69, 9.17) is 18.9 Å². The number of hydrogen-bond donors (Lipinski definition) is 1. The second-order valence-corrected chi connectivity index (χ2v) is 10.3. The number of hydrogen-bond acceptors (Lipinski definition) is 6. The van der Waals surface area contributed by atoms with Crippen LogP contribution in [0.1, 0.15) is 17.4 Å². The van der Waals surface area contributed by atoms with Crippen molar-refractivity contribution in [3.63, 3.8) is 0 Å². The van der Waals surface area contributed by atoms with Gasteiger partial charge in [-0.2, -0.15) is 0 Å². The Morgan fingerprint density at radius 3 is 2.33 bits per heavy atom. The lowest BCUT2D eigenvalue weighted by molar-refractivity contribution is -0.325. The van der Waals surface area contributed by atoms with Crippen LogP contribution in [0, 0.1) is 0 Å². The molecule has 2 saturated heterocycles. The van der Waals surface area contributed by atoms with Crippen LogP contribution in [0.25, 0.3) is 10.8 Å². The van der Waals surface area contributed by atoms with E-state index < -0.39 is 30.0 Å². The second-order valence-electron chi connectivity index (χ2n) is 9.10. The molecule has 0 saturated carbocycles. The first-order valence-corrected chi connectivity index (χ1v) is 13.1. The third-order valence-electron chi connectivity index (χ3n) is 6.63. The fraction of sp³-hybridized carbons (Fsp3) is 0.267. The molecule has 1 N–H and O–H groups in total. The number of fused-ring (bicyclic) bond motifs is 2. The number of aliphatic hydroxyl groups excluding tert-OH is 1. The molecule has 2 heterocycles. The lowest BCUT2D eigenvalue weighted by atomic mass is 9.98. The minimum absolute atomic E-state index is 0.351. The third-order valence-corrected chi connectivity index (χ3v) is 7.80. The summed E-state index contributed by atoms with van der Waals surface area (Å²) in [6.45, 7) is 0.720. The van der Waals surface area contributed by atoms with Crippen molar-refractivity contribution in [1.82, 2.24) is 0 Å². The van der Waals surface area contributed by atoms with Crippen LogP contribution in [0.15, 0.2) is 108 Å². The quantitative estimate of drug-likeness (QED) is 0.366. The number of thioether (sulfide) groups is 1. The first-order valence-electron chi connectivity index (χ1n) is 12.2. The summed E-state index contributed by atoms with van der Waals surface area (Å²) in [5.74, 6) is 0. The fourth-order valence-corrected chi connectivity index (χ4v) is 5.86. The van der Waals surface area contributed by atoms with Gasteiger partial charge < -0.3 is 24.1 Å². The Morgan fingerprint density at radius 1 is 0.806 bits per heavy atom. The van der Waals surface area contributed by atoms with Gasteiger partial charge in [0.1, 0.15) is 29.9 Å². The van der Waals surface area contributed by atoms with Gasteiger partial charge in [0.15, 0.2) is 6.29 Å². The highest BCUT2D eigenvalue weighted by atomic mass is 32.2. The average molecular weight is 501 g/mol. The molecule has 4 aromatic rings. The van der Waals surface area contributed by atoms with Crippen LogP contribution in [0.5, 0.6) is 0 Å². The number of rotatable bonds is 6. The maximum absolute atomic E-state index is 11.4. The van der Waals surface area contributed by atoms with Gasteiger partial charge in [-0.1, -0.05) is 96.7 Å². The Hall–Kier alpha value is -2.71. The highest BCUT2D eigenvalue weighted by molar-refractivity contribution is 7.99. The van der Waals surface area contributed by atoms with Crippen LogP contribution >= 0.6 is 11.8 Å². The Bertz CT molecular complexity index is 1280.